The summed E-state index contributed by atoms with van der Waals surface area (Å²) in [6.07, 6.45) is 3.79. The minimum atomic E-state index is -3.20. The number of aromatic nitrogens is 6. The molecule has 0 aliphatic carbocycles. The Bertz CT molecular complexity index is 1450. The van der Waals surface area contributed by atoms with Crippen LogP contribution in [0.4, 0.5) is 5.82 Å². The smallest absolute Gasteiger partial charge is 0.226 e. The van der Waals surface area contributed by atoms with E-state index in [4.69, 9.17) is 26.3 Å². The van der Waals surface area contributed by atoms with Gasteiger partial charge in [-0.1, -0.05) is 12.1 Å². The molecule has 1 aliphatic heterocycles. The Morgan fingerprint density at radius 1 is 1.18 bits per heavy atom. The number of nitrogens with one attached hydrogen (secondary N) is 2. The third-order valence-electron chi connectivity index (χ3n) is 5.73. The molecule has 1 atom stereocenters. The maximum Gasteiger partial charge on any atom is 0.226 e. The first-order valence-electron chi connectivity index (χ1n) is 10.8. The summed E-state index contributed by atoms with van der Waals surface area (Å²) in [6, 6.07) is 7.28. The molecule has 1 fully saturated rings. The first kappa shape index (κ1) is 22.7. The number of anilines is 1. The Kier molecular flexibility index (Phi) is 5.96. The molecule has 1 aliphatic rings. The summed E-state index contributed by atoms with van der Waals surface area (Å²) in [4.78, 5) is 25.0. The summed E-state index contributed by atoms with van der Waals surface area (Å²) < 4.78 is 31.4. The van der Waals surface area contributed by atoms with Crippen LogP contribution < -0.4 is 10.1 Å². The topological polar surface area (TPSA) is 139 Å². The number of aromatic amines is 1. The van der Waals surface area contributed by atoms with Gasteiger partial charge in [-0.15, -0.1) is 0 Å². The fraction of sp³-hybridized carbons (Fsp3) is 0.381. The van der Waals surface area contributed by atoms with E-state index in [1.807, 2.05) is 31.2 Å². The van der Waals surface area contributed by atoms with Gasteiger partial charge in [-0.3, -0.25) is 0 Å². The maximum atomic E-state index is 11.8. The lowest BCUT2D eigenvalue weighted by molar-refractivity contribution is 0.131. The average Bonchev–Trinajstić information content (AvgIpc) is 3.27. The summed E-state index contributed by atoms with van der Waals surface area (Å²) in [5, 5.41) is 4.16. The lowest BCUT2D eigenvalue weighted by atomic mass is 10.1. The van der Waals surface area contributed by atoms with Crippen LogP contribution in [0.25, 0.3) is 22.1 Å². The second kappa shape index (κ2) is 8.93. The molecular weight excluding hydrogens is 480 g/mol. The molecule has 0 spiro atoms. The van der Waals surface area contributed by atoms with Crippen molar-refractivity contribution in [2.75, 3.05) is 24.7 Å². The molecule has 34 heavy (non-hydrogen) atoms. The molecule has 0 saturated carbocycles. The normalized spacial score (nSPS) is 16.7. The van der Waals surface area contributed by atoms with Crippen molar-refractivity contribution in [3.63, 3.8) is 0 Å². The molecule has 1 saturated heterocycles. The van der Waals surface area contributed by atoms with Crippen LogP contribution >= 0.6 is 11.6 Å². The Labute approximate surface area is 201 Å². The van der Waals surface area contributed by atoms with Crippen LogP contribution in [0.2, 0.25) is 5.28 Å². The van der Waals surface area contributed by atoms with E-state index < -0.39 is 10.0 Å². The number of hydrogen-bond acceptors (Lipinski definition) is 9. The maximum absolute atomic E-state index is 11.8. The molecule has 3 aromatic heterocycles. The monoisotopic (exact) mass is 502 g/mol. The first-order chi connectivity index (χ1) is 16.3. The van der Waals surface area contributed by atoms with Crippen molar-refractivity contribution in [2.24, 2.45) is 0 Å². The number of halogens is 1. The van der Waals surface area contributed by atoms with Crippen molar-refractivity contribution in [1.29, 1.82) is 0 Å². The highest BCUT2D eigenvalue weighted by Crippen LogP contribution is 2.29. The summed E-state index contributed by atoms with van der Waals surface area (Å²) in [5.74, 6) is 1.45. The minimum Gasteiger partial charge on any atom is -0.474 e. The van der Waals surface area contributed by atoms with Crippen molar-refractivity contribution < 1.29 is 13.2 Å². The van der Waals surface area contributed by atoms with Gasteiger partial charge in [0, 0.05) is 13.1 Å². The molecule has 178 valence electrons. The van der Waals surface area contributed by atoms with Gasteiger partial charge in [0.1, 0.15) is 11.6 Å². The van der Waals surface area contributed by atoms with E-state index in [1.165, 1.54) is 16.9 Å². The molecule has 4 aromatic rings. The van der Waals surface area contributed by atoms with Gasteiger partial charge in [-0.25, -0.2) is 22.7 Å². The van der Waals surface area contributed by atoms with Crippen molar-refractivity contribution >= 4 is 49.5 Å². The van der Waals surface area contributed by atoms with Crippen LogP contribution in [-0.2, 0) is 10.0 Å². The van der Waals surface area contributed by atoms with Crippen molar-refractivity contribution in [3.05, 3.63) is 41.7 Å². The summed E-state index contributed by atoms with van der Waals surface area (Å²) in [5.41, 5.74) is 1.83. The van der Waals surface area contributed by atoms with Crippen molar-refractivity contribution in [3.8, 4) is 5.88 Å². The van der Waals surface area contributed by atoms with Gasteiger partial charge in [0.05, 0.1) is 29.5 Å². The van der Waals surface area contributed by atoms with Gasteiger partial charge in [0.25, 0.3) is 0 Å². The first-order valence-corrected chi connectivity index (χ1v) is 13.0. The number of piperidine rings is 1. The number of rotatable bonds is 6. The predicted molar refractivity (Wildman–Crippen MR) is 128 cm³/mol. The summed E-state index contributed by atoms with van der Waals surface area (Å²) in [7, 11) is -3.20. The number of imidazole rings is 1. The highest BCUT2D eigenvalue weighted by atomic mass is 35.5. The van der Waals surface area contributed by atoms with Crippen molar-refractivity contribution in [2.45, 2.75) is 31.9 Å². The Morgan fingerprint density at radius 2 is 1.94 bits per heavy atom. The number of para-hydroxylation sites is 1. The van der Waals surface area contributed by atoms with E-state index in [9.17, 15) is 8.42 Å². The largest absolute Gasteiger partial charge is 0.474 e. The van der Waals surface area contributed by atoms with E-state index in [-0.39, 0.29) is 17.4 Å². The molecular formula is C21H23ClN8O3S. The molecule has 0 unspecified atom stereocenters. The number of benzene rings is 1. The molecule has 1 aromatic carbocycles. The lowest BCUT2D eigenvalue weighted by Crippen LogP contribution is -2.41. The molecule has 0 radical (unpaired) electrons. The zero-order valence-electron chi connectivity index (χ0n) is 18.6. The minimum absolute atomic E-state index is 0.0929. The number of fused-ring (bicyclic) bond motifs is 2. The van der Waals surface area contributed by atoms with E-state index in [0.717, 1.165) is 10.9 Å². The SMILES string of the molecule is C[C@H](Nc1nc(Cl)nc2[nH]cnc12)c1nc(OC2CCN(S(C)(=O)=O)CC2)c2ccccc2n1. The standard InChI is InChI=1S/C21H23ClN8O3S/c1-12(25-19-16-18(24-11-23-16)28-21(22)29-19)17-26-15-6-4-3-5-14(15)20(27-17)33-13-7-9-30(10-8-13)34(2,31)32/h3-6,11-13H,7-10H2,1-2H3,(H2,23,24,25,28,29)/t12-/m0/s1. The van der Waals surface area contributed by atoms with Crippen LogP contribution in [0.15, 0.2) is 30.6 Å². The molecule has 0 bridgehead atoms. The van der Waals surface area contributed by atoms with E-state index in [2.05, 4.69) is 25.3 Å². The molecule has 5 rings (SSSR count). The quantitative estimate of drug-likeness (QED) is 0.381. The van der Waals surface area contributed by atoms with Gasteiger partial charge in [0.2, 0.25) is 21.2 Å². The highest BCUT2D eigenvalue weighted by molar-refractivity contribution is 7.88. The fourth-order valence-corrected chi connectivity index (χ4v) is 5.01. The highest BCUT2D eigenvalue weighted by Gasteiger charge is 2.27. The van der Waals surface area contributed by atoms with E-state index in [1.54, 1.807) is 0 Å². The number of hydrogen-bond donors (Lipinski definition) is 2. The van der Waals surface area contributed by atoms with Gasteiger partial charge >= 0.3 is 0 Å². The fourth-order valence-electron chi connectivity index (χ4n) is 3.97. The third-order valence-corrected chi connectivity index (χ3v) is 7.20. The van der Waals surface area contributed by atoms with Gasteiger partial charge in [-0.05, 0) is 43.5 Å². The predicted octanol–water partition coefficient (Wildman–Crippen LogP) is 2.93. The zero-order valence-corrected chi connectivity index (χ0v) is 20.1. The number of ether oxygens (including phenoxy) is 1. The van der Waals surface area contributed by atoms with Gasteiger partial charge in [0.15, 0.2) is 17.3 Å². The molecule has 4 heterocycles. The molecule has 0 amide bonds. The van der Waals surface area contributed by atoms with Crippen LogP contribution in [0, 0.1) is 0 Å². The summed E-state index contributed by atoms with van der Waals surface area (Å²) >= 11 is 6.06. The molecule has 13 heteroatoms. The van der Waals surface area contributed by atoms with Crippen LogP contribution in [0.5, 0.6) is 5.88 Å². The Morgan fingerprint density at radius 3 is 2.71 bits per heavy atom. The second-order valence-corrected chi connectivity index (χ2v) is 10.5. The number of H-pyrrole nitrogens is 1. The van der Waals surface area contributed by atoms with Crippen molar-refractivity contribution in [1.82, 2.24) is 34.2 Å². The average molecular weight is 503 g/mol. The van der Waals surface area contributed by atoms with Crippen LogP contribution in [-0.4, -0.2) is 68.1 Å². The Hall–Kier alpha value is -3.09. The lowest BCUT2D eigenvalue weighted by Gasteiger charge is -2.30. The second-order valence-electron chi connectivity index (χ2n) is 8.19. The van der Waals surface area contributed by atoms with Gasteiger partial charge < -0.3 is 15.0 Å². The van der Waals surface area contributed by atoms with Gasteiger partial charge in [-0.2, -0.15) is 15.0 Å². The number of nitrogens with zero attached hydrogens (tertiary/aromatic N) is 6. The summed E-state index contributed by atoms with van der Waals surface area (Å²) in [6.45, 7) is 2.75. The van der Waals surface area contributed by atoms with E-state index >= 15 is 0 Å². The zero-order chi connectivity index (χ0) is 23.9. The molecule has 11 nitrogen and oxygen atoms in total. The Balaban J connectivity index is 1.42. The van der Waals surface area contributed by atoms with Crippen LogP contribution in [0.1, 0.15) is 31.6 Å². The third kappa shape index (κ3) is 4.61. The van der Waals surface area contributed by atoms with Crippen LogP contribution in [0.3, 0.4) is 0 Å². The molecule has 2 N–H and O–H groups in total. The van der Waals surface area contributed by atoms with E-state index in [0.29, 0.717) is 54.6 Å². The number of sulfonamides is 1.